The first-order valence-corrected chi connectivity index (χ1v) is 9.79. The molecule has 4 atom stereocenters. The number of fused-ring (bicyclic) bond motifs is 2. The van der Waals surface area contributed by atoms with Gasteiger partial charge in [0.15, 0.2) is 0 Å². The van der Waals surface area contributed by atoms with E-state index in [1.807, 2.05) is 24.5 Å². The Labute approximate surface area is 162 Å². The highest BCUT2D eigenvalue weighted by Gasteiger charge is 2.40. The van der Waals surface area contributed by atoms with Gasteiger partial charge in [-0.15, -0.1) is 0 Å². The number of hydrogen-bond acceptors (Lipinski definition) is 5. The van der Waals surface area contributed by atoms with Gasteiger partial charge in [-0.2, -0.15) is 0 Å². The number of aromatic amines is 1. The monoisotopic (exact) mass is 376 g/mol. The zero-order chi connectivity index (χ0) is 19.3. The maximum atomic E-state index is 10.9. The highest BCUT2D eigenvalue weighted by molar-refractivity contribution is 5.86. The Morgan fingerprint density at radius 2 is 2.18 bits per heavy atom. The van der Waals surface area contributed by atoms with Crippen LogP contribution in [-0.2, 0) is 6.42 Å². The number of aliphatic hydroxyl groups is 1. The first kappa shape index (κ1) is 17.2. The molecule has 4 N–H and O–H groups in total. The minimum Gasteiger partial charge on any atom is -0.391 e. The standard InChI is InChI=1S/C21H24N6O/c1-12-13(4-5-14-10-17-16(26-14)3-2-7-23-17)9-18(19(12)28)27-8-6-15-20(22)24-11-25-21(15)27/h2-3,6-8,10-13,18-19,26,28H,4-5,9H2,1H3,(H2,22,24,25)/t12-,13+,18-,19-/m1/s1. The lowest BCUT2D eigenvalue weighted by Gasteiger charge is -2.19. The number of aliphatic hydroxyl groups excluding tert-OH is 1. The Bertz CT molecular complexity index is 1100. The number of aromatic nitrogens is 5. The first-order valence-electron chi connectivity index (χ1n) is 9.79. The quantitative estimate of drug-likeness (QED) is 0.507. The molecule has 7 heteroatoms. The molecule has 0 amide bonds. The van der Waals surface area contributed by atoms with Crippen molar-refractivity contribution in [1.82, 2.24) is 24.5 Å². The number of nitrogen functional groups attached to an aromatic ring is 1. The van der Waals surface area contributed by atoms with Crippen LogP contribution < -0.4 is 5.73 Å². The summed E-state index contributed by atoms with van der Waals surface area (Å²) in [5, 5.41) is 11.8. The van der Waals surface area contributed by atoms with Crippen molar-refractivity contribution in [2.75, 3.05) is 5.73 Å². The number of hydrogen-bond donors (Lipinski definition) is 3. The van der Waals surface area contributed by atoms with Crippen molar-refractivity contribution in [3.63, 3.8) is 0 Å². The van der Waals surface area contributed by atoms with Gasteiger partial charge >= 0.3 is 0 Å². The van der Waals surface area contributed by atoms with Crippen LogP contribution in [0.5, 0.6) is 0 Å². The molecule has 4 aromatic rings. The number of nitrogens with two attached hydrogens (primary N) is 1. The van der Waals surface area contributed by atoms with E-state index in [1.54, 1.807) is 0 Å². The molecule has 4 aromatic heterocycles. The SMILES string of the molecule is C[C@@H]1[C@@H](CCc2cc3ncccc3[nH]2)C[C@@H](n2ccc3c(N)ncnc32)[C@@H]1O. The Balaban J connectivity index is 1.35. The van der Waals surface area contributed by atoms with E-state index in [0.29, 0.717) is 11.7 Å². The van der Waals surface area contributed by atoms with Gasteiger partial charge in [-0.25, -0.2) is 9.97 Å². The first-order chi connectivity index (χ1) is 13.6. The Morgan fingerprint density at radius 1 is 1.29 bits per heavy atom. The predicted octanol–water partition coefficient (Wildman–Crippen LogP) is 3.08. The second-order valence-corrected chi connectivity index (χ2v) is 7.90. The largest absolute Gasteiger partial charge is 0.391 e. The molecule has 0 spiro atoms. The molecule has 0 bridgehead atoms. The second-order valence-electron chi connectivity index (χ2n) is 7.90. The van der Waals surface area contributed by atoms with Gasteiger partial charge in [0.25, 0.3) is 0 Å². The number of pyridine rings is 1. The van der Waals surface area contributed by atoms with Gasteiger partial charge in [-0.3, -0.25) is 4.98 Å². The number of rotatable bonds is 4. The van der Waals surface area contributed by atoms with E-state index >= 15 is 0 Å². The number of anilines is 1. The normalized spacial score (nSPS) is 25.1. The van der Waals surface area contributed by atoms with Gasteiger partial charge in [-0.05, 0) is 55.4 Å². The lowest BCUT2D eigenvalue weighted by atomic mass is 9.92. The van der Waals surface area contributed by atoms with Gasteiger partial charge in [-0.1, -0.05) is 6.92 Å². The Kier molecular flexibility index (Phi) is 4.05. The summed E-state index contributed by atoms with van der Waals surface area (Å²) in [6, 6.07) is 8.07. The van der Waals surface area contributed by atoms with E-state index in [4.69, 9.17) is 5.73 Å². The van der Waals surface area contributed by atoms with Crippen LogP contribution in [0.1, 0.15) is 31.5 Å². The van der Waals surface area contributed by atoms with Crippen LogP contribution in [0, 0.1) is 11.8 Å². The van der Waals surface area contributed by atoms with Gasteiger partial charge < -0.3 is 20.4 Å². The molecule has 1 fully saturated rings. The van der Waals surface area contributed by atoms with Crippen LogP contribution in [0.3, 0.4) is 0 Å². The third-order valence-corrected chi connectivity index (χ3v) is 6.35. The fourth-order valence-electron chi connectivity index (χ4n) is 4.70. The van der Waals surface area contributed by atoms with E-state index in [1.165, 1.54) is 12.0 Å². The molecule has 0 unspecified atom stereocenters. The molecule has 0 saturated heterocycles. The smallest absolute Gasteiger partial charge is 0.145 e. The summed E-state index contributed by atoms with van der Waals surface area (Å²) in [6.07, 6.45) is 7.78. The number of nitrogens with zero attached hydrogens (tertiary/aromatic N) is 4. The van der Waals surface area contributed by atoms with Crippen molar-refractivity contribution >= 4 is 27.9 Å². The van der Waals surface area contributed by atoms with Crippen molar-refractivity contribution in [1.29, 1.82) is 0 Å². The lowest BCUT2D eigenvalue weighted by molar-refractivity contribution is 0.0948. The van der Waals surface area contributed by atoms with E-state index in [-0.39, 0.29) is 12.0 Å². The van der Waals surface area contributed by atoms with Crippen molar-refractivity contribution in [2.45, 2.75) is 38.3 Å². The highest BCUT2D eigenvalue weighted by Crippen LogP contribution is 2.43. The average molecular weight is 376 g/mol. The van der Waals surface area contributed by atoms with Crippen LogP contribution >= 0.6 is 0 Å². The Morgan fingerprint density at radius 3 is 3.04 bits per heavy atom. The molecule has 1 aliphatic carbocycles. The Hall–Kier alpha value is -2.93. The van der Waals surface area contributed by atoms with Gasteiger partial charge in [0.05, 0.1) is 28.6 Å². The van der Waals surface area contributed by atoms with Gasteiger partial charge in [0.2, 0.25) is 0 Å². The van der Waals surface area contributed by atoms with Crippen molar-refractivity contribution in [3.05, 3.63) is 48.7 Å². The summed E-state index contributed by atoms with van der Waals surface area (Å²) in [5.74, 6) is 1.15. The van der Waals surface area contributed by atoms with E-state index in [2.05, 4.69) is 43.6 Å². The number of H-pyrrole nitrogens is 1. The van der Waals surface area contributed by atoms with Crippen LogP contribution in [-0.4, -0.2) is 35.7 Å². The molecule has 5 rings (SSSR count). The summed E-state index contributed by atoms with van der Waals surface area (Å²) in [5.41, 5.74) is 10.0. The van der Waals surface area contributed by atoms with Crippen LogP contribution in [0.15, 0.2) is 43.0 Å². The summed E-state index contributed by atoms with van der Waals surface area (Å²) >= 11 is 0. The summed E-state index contributed by atoms with van der Waals surface area (Å²) in [4.78, 5) is 16.3. The molecule has 0 radical (unpaired) electrons. The second kappa shape index (κ2) is 6.60. The third kappa shape index (κ3) is 2.74. The van der Waals surface area contributed by atoms with Crippen LogP contribution in [0.4, 0.5) is 5.82 Å². The number of nitrogens with one attached hydrogen (secondary N) is 1. The van der Waals surface area contributed by atoms with E-state index in [0.717, 1.165) is 41.3 Å². The molecular weight excluding hydrogens is 352 g/mol. The molecule has 1 aliphatic rings. The van der Waals surface area contributed by atoms with Gasteiger partial charge in [0.1, 0.15) is 17.8 Å². The summed E-state index contributed by atoms with van der Waals surface area (Å²) in [6.45, 7) is 2.15. The maximum absolute atomic E-state index is 10.9. The molecule has 4 heterocycles. The topological polar surface area (TPSA) is 106 Å². The van der Waals surface area contributed by atoms with E-state index < -0.39 is 6.10 Å². The minimum absolute atomic E-state index is 0.0104. The zero-order valence-corrected chi connectivity index (χ0v) is 15.8. The molecular formula is C21H24N6O. The van der Waals surface area contributed by atoms with Crippen molar-refractivity contribution in [2.24, 2.45) is 11.8 Å². The fourth-order valence-corrected chi connectivity index (χ4v) is 4.70. The van der Waals surface area contributed by atoms with Gasteiger partial charge in [0, 0.05) is 18.1 Å². The lowest BCUT2D eigenvalue weighted by Crippen LogP contribution is -2.23. The summed E-state index contributed by atoms with van der Waals surface area (Å²) < 4.78 is 2.07. The predicted molar refractivity (Wildman–Crippen MR) is 109 cm³/mol. The molecule has 28 heavy (non-hydrogen) atoms. The van der Waals surface area contributed by atoms with Crippen LogP contribution in [0.2, 0.25) is 0 Å². The molecule has 0 aromatic carbocycles. The molecule has 144 valence electrons. The van der Waals surface area contributed by atoms with Crippen molar-refractivity contribution in [3.8, 4) is 0 Å². The zero-order valence-electron chi connectivity index (χ0n) is 15.8. The number of aryl methyl sites for hydroxylation is 1. The maximum Gasteiger partial charge on any atom is 0.145 e. The molecule has 7 nitrogen and oxygen atoms in total. The van der Waals surface area contributed by atoms with Crippen LogP contribution in [0.25, 0.3) is 22.1 Å². The fraction of sp³-hybridized carbons (Fsp3) is 0.381. The minimum atomic E-state index is -0.402. The molecule has 0 aliphatic heterocycles. The average Bonchev–Trinajstić information content (AvgIpc) is 3.38. The summed E-state index contributed by atoms with van der Waals surface area (Å²) in [7, 11) is 0. The molecule has 1 saturated carbocycles. The van der Waals surface area contributed by atoms with Crippen molar-refractivity contribution < 1.29 is 5.11 Å². The highest BCUT2D eigenvalue weighted by atomic mass is 16.3. The third-order valence-electron chi connectivity index (χ3n) is 6.35. The van der Waals surface area contributed by atoms with E-state index in [9.17, 15) is 5.11 Å².